The van der Waals surface area contributed by atoms with Gasteiger partial charge in [0.2, 0.25) is 5.91 Å². The molecule has 0 bridgehead atoms. The van der Waals surface area contributed by atoms with Gasteiger partial charge < -0.3 is 25.0 Å². The number of aromatic nitrogens is 2. The van der Waals surface area contributed by atoms with Crippen molar-refractivity contribution in [1.82, 2.24) is 20.2 Å². The van der Waals surface area contributed by atoms with Gasteiger partial charge in [0.25, 0.3) is 0 Å². The largest absolute Gasteiger partial charge is 0.453 e. The smallest absolute Gasteiger partial charge is 0.407 e. The molecule has 1 saturated heterocycles. The molecule has 9 heteroatoms. The quantitative estimate of drug-likeness (QED) is 0.630. The molecule has 3 atom stereocenters. The van der Waals surface area contributed by atoms with Gasteiger partial charge in [-0.2, -0.15) is 0 Å². The van der Waals surface area contributed by atoms with Crippen molar-refractivity contribution in [2.75, 3.05) is 13.7 Å². The Morgan fingerprint density at radius 1 is 1.34 bits per heavy atom. The van der Waals surface area contributed by atoms with E-state index in [2.05, 4.69) is 36.0 Å². The maximum Gasteiger partial charge on any atom is 0.407 e. The summed E-state index contributed by atoms with van der Waals surface area (Å²) in [7, 11) is 1.26. The number of imidazole rings is 1. The van der Waals surface area contributed by atoms with E-state index < -0.39 is 24.3 Å². The number of rotatable bonds is 5. The molecule has 1 unspecified atom stereocenters. The number of aromatic amines is 1. The van der Waals surface area contributed by atoms with Crippen LogP contribution in [0.1, 0.15) is 32.1 Å². The van der Waals surface area contributed by atoms with Crippen molar-refractivity contribution in [3.63, 3.8) is 0 Å². The molecule has 1 aliphatic rings. The lowest BCUT2D eigenvalue weighted by Gasteiger charge is -2.29. The monoisotopic (exact) mass is 464 g/mol. The molecule has 29 heavy (non-hydrogen) atoms. The summed E-state index contributed by atoms with van der Waals surface area (Å²) in [6.07, 6.45) is 0.848. The fourth-order valence-electron chi connectivity index (χ4n) is 3.47. The SMILES string of the molecule is COC(=O)N[C@H](C(=O)N1CC(O)C[C@H]1c1nc(-c2ccc(Br)cc2)c[nH]1)C(C)C. The van der Waals surface area contributed by atoms with Crippen LogP contribution in [0.25, 0.3) is 11.3 Å². The van der Waals surface area contributed by atoms with Crippen molar-refractivity contribution in [3.05, 3.63) is 40.8 Å². The van der Waals surface area contributed by atoms with Crippen LogP contribution in [-0.2, 0) is 9.53 Å². The number of methoxy groups -OCH3 is 1. The molecule has 8 nitrogen and oxygen atoms in total. The van der Waals surface area contributed by atoms with Crippen LogP contribution >= 0.6 is 15.9 Å². The molecule has 1 fully saturated rings. The van der Waals surface area contributed by atoms with E-state index in [4.69, 9.17) is 0 Å². The molecule has 0 spiro atoms. The summed E-state index contributed by atoms with van der Waals surface area (Å²) in [6, 6.07) is 6.62. The average Bonchev–Trinajstić information content (AvgIpc) is 3.32. The first-order valence-corrected chi connectivity index (χ1v) is 10.2. The minimum atomic E-state index is -0.754. The first-order valence-electron chi connectivity index (χ1n) is 9.44. The first-order chi connectivity index (χ1) is 13.8. The summed E-state index contributed by atoms with van der Waals surface area (Å²) in [5.74, 6) is 0.192. The van der Waals surface area contributed by atoms with Crippen LogP contribution in [0.3, 0.4) is 0 Å². The fourth-order valence-corrected chi connectivity index (χ4v) is 3.73. The van der Waals surface area contributed by atoms with Gasteiger partial charge in [-0.15, -0.1) is 0 Å². The Morgan fingerprint density at radius 2 is 2.03 bits per heavy atom. The van der Waals surface area contributed by atoms with Gasteiger partial charge in [-0.25, -0.2) is 9.78 Å². The average molecular weight is 465 g/mol. The predicted octanol–water partition coefficient (Wildman–Crippen LogP) is 2.85. The predicted molar refractivity (Wildman–Crippen MR) is 111 cm³/mol. The number of benzene rings is 1. The fraction of sp³-hybridized carbons (Fsp3) is 0.450. The molecule has 156 valence electrons. The van der Waals surface area contributed by atoms with Gasteiger partial charge >= 0.3 is 6.09 Å². The summed E-state index contributed by atoms with van der Waals surface area (Å²) in [6.45, 7) is 3.88. The number of aliphatic hydroxyl groups is 1. The summed E-state index contributed by atoms with van der Waals surface area (Å²) >= 11 is 3.42. The number of β-amino-alcohol motifs (C(OH)–C–C–N with tert-alkyl or cyclic N) is 1. The van der Waals surface area contributed by atoms with E-state index in [1.807, 2.05) is 38.1 Å². The van der Waals surface area contributed by atoms with E-state index >= 15 is 0 Å². The van der Waals surface area contributed by atoms with Crippen LogP contribution in [-0.4, -0.2) is 57.8 Å². The molecule has 2 aromatic rings. The second-order valence-electron chi connectivity index (χ2n) is 7.43. The van der Waals surface area contributed by atoms with Crippen LogP contribution in [0.2, 0.25) is 0 Å². The van der Waals surface area contributed by atoms with Gasteiger partial charge in [0.05, 0.1) is 24.9 Å². The maximum atomic E-state index is 13.2. The normalized spacial score (nSPS) is 20.0. The number of carbonyl (C=O) groups excluding carboxylic acids is 2. The Balaban J connectivity index is 1.84. The number of aliphatic hydroxyl groups excluding tert-OH is 1. The zero-order valence-electron chi connectivity index (χ0n) is 16.6. The standard InChI is InChI=1S/C20H25BrN4O4/c1-11(2)17(24-20(28)29-3)19(27)25-10-14(26)8-16(25)18-22-9-15(23-18)12-4-6-13(21)7-5-12/h4-7,9,11,14,16-17,26H,8,10H2,1-3H3,(H,22,23)(H,24,28)/t14?,16-,17-/m0/s1. The van der Waals surface area contributed by atoms with Crippen LogP contribution in [0.4, 0.5) is 4.79 Å². The molecule has 1 aliphatic heterocycles. The highest BCUT2D eigenvalue weighted by molar-refractivity contribution is 9.10. The number of halogens is 1. The third-order valence-electron chi connectivity index (χ3n) is 5.01. The van der Waals surface area contributed by atoms with Crippen LogP contribution in [0, 0.1) is 5.92 Å². The van der Waals surface area contributed by atoms with Crippen LogP contribution < -0.4 is 5.32 Å². The van der Waals surface area contributed by atoms with Crippen molar-refractivity contribution in [2.45, 2.75) is 38.5 Å². The summed E-state index contributed by atoms with van der Waals surface area (Å²) in [5.41, 5.74) is 1.70. The molecular formula is C20H25BrN4O4. The van der Waals surface area contributed by atoms with Crippen molar-refractivity contribution < 1.29 is 19.4 Å². The highest BCUT2D eigenvalue weighted by Crippen LogP contribution is 2.33. The Bertz CT molecular complexity index is 868. The topological polar surface area (TPSA) is 108 Å². The van der Waals surface area contributed by atoms with Crippen LogP contribution in [0.15, 0.2) is 34.9 Å². The van der Waals surface area contributed by atoms with Gasteiger partial charge in [-0.05, 0) is 18.1 Å². The molecule has 1 aromatic heterocycles. The van der Waals surface area contributed by atoms with Gasteiger partial charge in [0, 0.05) is 29.2 Å². The number of ether oxygens (including phenoxy) is 1. The molecule has 3 N–H and O–H groups in total. The van der Waals surface area contributed by atoms with Crippen molar-refractivity contribution in [3.8, 4) is 11.3 Å². The van der Waals surface area contributed by atoms with E-state index in [0.29, 0.717) is 12.2 Å². The van der Waals surface area contributed by atoms with E-state index in [-0.39, 0.29) is 18.4 Å². The first kappa shape index (κ1) is 21.3. The molecule has 0 radical (unpaired) electrons. The third kappa shape index (κ3) is 4.79. The number of hydrogen-bond acceptors (Lipinski definition) is 5. The van der Waals surface area contributed by atoms with Gasteiger partial charge in [-0.3, -0.25) is 4.79 Å². The lowest BCUT2D eigenvalue weighted by Crippen LogP contribution is -2.51. The second-order valence-corrected chi connectivity index (χ2v) is 8.35. The summed E-state index contributed by atoms with van der Waals surface area (Å²) < 4.78 is 5.62. The maximum absolute atomic E-state index is 13.2. The zero-order chi connectivity index (χ0) is 21.1. The Labute approximate surface area is 177 Å². The summed E-state index contributed by atoms with van der Waals surface area (Å²) in [5, 5.41) is 12.8. The van der Waals surface area contributed by atoms with E-state index in [1.165, 1.54) is 7.11 Å². The molecule has 0 saturated carbocycles. The number of nitrogens with one attached hydrogen (secondary N) is 2. The molecule has 2 heterocycles. The number of carbonyl (C=O) groups is 2. The molecule has 0 aliphatic carbocycles. The number of alkyl carbamates (subject to hydrolysis) is 1. The van der Waals surface area contributed by atoms with Gasteiger partial charge in [-0.1, -0.05) is 41.9 Å². The molecule has 2 amide bonds. The minimum Gasteiger partial charge on any atom is -0.453 e. The lowest BCUT2D eigenvalue weighted by atomic mass is 10.0. The second kappa shape index (κ2) is 8.96. The Morgan fingerprint density at radius 3 is 2.66 bits per heavy atom. The number of amides is 2. The highest BCUT2D eigenvalue weighted by atomic mass is 79.9. The van der Waals surface area contributed by atoms with Gasteiger partial charge in [0.1, 0.15) is 11.9 Å². The van der Waals surface area contributed by atoms with Crippen LogP contribution in [0.5, 0.6) is 0 Å². The van der Waals surface area contributed by atoms with Crippen molar-refractivity contribution in [1.29, 1.82) is 0 Å². The highest BCUT2D eigenvalue weighted by Gasteiger charge is 2.40. The number of likely N-dealkylation sites (tertiary alicyclic amines) is 1. The van der Waals surface area contributed by atoms with E-state index in [0.717, 1.165) is 15.7 Å². The molecule has 1 aromatic carbocycles. The lowest BCUT2D eigenvalue weighted by molar-refractivity contribution is -0.135. The summed E-state index contributed by atoms with van der Waals surface area (Å²) in [4.78, 5) is 34.2. The molecular weight excluding hydrogens is 440 g/mol. The van der Waals surface area contributed by atoms with E-state index in [9.17, 15) is 14.7 Å². The number of nitrogens with zero attached hydrogens (tertiary/aromatic N) is 2. The van der Waals surface area contributed by atoms with Crippen molar-refractivity contribution >= 4 is 27.9 Å². The van der Waals surface area contributed by atoms with Gasteiger partial charge in [0.15, 0.2) is 0 Å². The molecule has 3 rings (SSSR count). The zero-order valence-corrected chi connectivity index (χ0v) is 18.1. The number of H-pyrrole nitrogens is 1. The Kier molecular flexibility index (Phi) is 6.59. The number of hydrogen-bond donors (Lipinski definition) is 3. The van der Waals surface area contributed by atoms with Crippen molar-refractivity contribution in [2.24, 2.45) is 5.92 Å². The van der Waals surface area contributed by atoms with E-state index in [1.54, 1.807) is 11.1 Å². The minimum absolute atomic E-state index is 0.144. The Hall–Kier alpha value is -2.39. The third-order valence-corrected chi connectivity index (χ3v) is 5.54.